The van der Waals surface area contributed by atoms with Crippen LogP contribution in [-0.2, 0) is 0 Å². The van der Waals surface area contributed by atoms with Crippen molar-refractivity contribution in [1.29, 1.82) is 5.26 Å². The summed E-state index contributed by atoms with van der Waals surface area (Å²) in [4.78, 5) is 6.34. The number of hydrogen-bond acceptors (Lipinski definition) is 4. The first-order valence-corrected chi connectivity index (χ1v) is 5.80. The van der Waals surface area contributed by atoms with Gasteiger partial charge in [-0.15, -0.1) is 0 Å². The van der Waals surface area contributed by atoms with E-state index < -0.39 is 0 Å². The maximum atomic E-state index is 9.15. The molecule has 92 valence electrons. The van der Waals surface area contributed by atoms with E-state index in [1.165, 1.54) is 0 Å². The van der Waals surface area contributed by atoms with Gasteiger partial charge in [-0.1, -0.05) is 0 Å². The molecule has 2 aromatic rings. The Labute approximate surface area is 106 Å². The Balaban J connectivity index is 2.60. The number of rotatable bonds is 3. The summed E-state index contributed by atoms with van der Waals surface area (Å²) in [7, 11) is 3.76. The van der Waals surface area contributed by atoms with E-state index >= 15 is 0 Å². The number of anilines is 1. The van der Waals surface area contributed by atoms with Gasteiger partial charge in [0.15, 0.2) is 0 Å². The van der Waals surface area contributed by atoms with Gasteiger partial charge in [-0.2, -0.15) is 5.26 Å². The number of fused-ring (bicyclic) bond motifs is 1. The SMILES string of the molecule is CCOc1ccc2nc(N(C)C)c(C#N)cc2c1. The van der Waals surface area contributed by atoms with Gasteiger partial charge >= 0.3 is 0 Å². The molecule has 0 spiro atoms. The third-order valence-corrected chi connectivity index (χ3v) is 2.62. The fourth-order valence-electron chi connectivity index (χ4n) is 1.82. The Morgan fingerprint density at radius 1 is 1.33 bits per heavy atom. The average molecular weight is 241 g/mol. The summed E-state index contributed by atoms with van der Waals surface area (Å²) in [5, 5.41) is 10.1. The number of nitrogens with zero attached hydrogens (tertiary/aromatic N) is 3. The van der Waals surface area contributed by atoms with Crippen molar-refractivity contribution in [2.24, 2.45) is 0 Å². The third kappa shape index (κ3) is 2.21. The van der Waals surface area contributed by atoms with Crippen LogP contribution in [0.25, 0.3) is 10.9 Å². The number of benzene rings is 1. The molecule has 0 saturated carbocycles. The molecular weight excluding hydrogens is 226 g/mol. The Hall–Kier alpha value is -2.28. The van der Waals surface area contributed by atoms with Gasteiger partial charge in [-0.3, -0.25) is 0 Å². The highest BCUT2D eigenvalue weighted by molar-refractivity contribution is 5.84. The van der Waals surface area contributed by atoms with E-state index in [4.69, 9.17) is 10.00 Å². The molecule has 0 saturated heterocycles. The number of nitriles is 1. The minimum atomic E-state index is 0.571. The largest absolute Gasteiger partial charge is 0.494 e. The van der Waals surface area contributed by atoms with E-state index in [0.29, 0.717) is 18.0 Å². The highest BCUT2D eigenvalue weighted by Crippen LogP contribution is 2.25. The molecule has 4 nitrogen and oxygen atoms in total. The van der Waals surface area contributed by atoms with Crippen LogP contribution in [-0.4, -0.2) is 25.7 Å². The van der Waals surface area contributed by atoms with Crippen LogP contribution in [0.4, 0.5) is 5.82 Å². The van der Waals surface area contributed by atoms with E-state index in [-0.39, 0.29) is 0 Å². The highest BCUT2D eigenvalue weighted by Gasteiger charge is 2.09. The molecule has 4 heteroatoms. The topological polar surface area (TPSA) is 49.1 Å². The lowest BCUT2D eigenvalue weighted by atomic mass is 10.1. The van der Waals surface area contributed by atoms with Crippen LogP contribution in [0.5, 0.6) is 5.75 Å². The normalized spacial score (nSPS) is 10.1. The van der Waals surface area contributed by atoms with Crippen molar-refractivity contribution in [2.75, 3.05) is 25.6 Å². The van der Waals surface area contributed by atoms with Crippen molar-refractivity contribution >= 4 is 16.7 Å². The molecule has 0 bridgehead atoms. The van der Waals surface area contributed by atoms with E-state index in [9.17, 15) is 0 Å². The molecular formula is C14H15N3O. The Kier molecular flexibility index (Phi) is 3.33. The van der Waals surface area contributed by atoms with Crippen molar-refractivity contribution in [3.63, 3.8) is 0 Å². The first-order chi connectivity index (χ1) is 8.65. The van der Waals surface area contributed by atoms with Crippen LogP contribution in [0.3, 0.4) is 0 Å². The summed E-state index contributed by atoms with van der Waals surface area (Å²) in [6.07, 6.45) is 0. The molecule has 18 heavy (non-hydrogen) atoms. The second kappa shape index (κ2) is 4.92. The summed E-state index contributed by atoms with van der Waals surface area (Å²) < 4.78 is 5.44. The summed E-state index contributed by atoms with van der Waals surface area (Å²) >= 11 is 0. The van der Waals surface area contributed by atoms with Gasteiger partial charge in [0.1, 0.15) is 17.6 Å². The minimum Gasteiger partial charge on any atom is -0.494 e. The number of hydrogen-bond donors (Lipinski definition) is 0. The molecule has 1 aromatic heterocycles. The number of ether oxygens (including phenoxy) is 1. The molecule has 0 unspecified atom stereocenters. The summed E-state index contributed by atoms with van der Waals surface area (Å²) in [6, 6.07) is 9.74. The van der Waals surface area contributed by atoms with Crippen molar-refractivity contribution in [3.05, 3.63) is 29.8 Å². The first kappa shape index (κ1) is 12.2. The van der Waals surface area contributed by atoms with Gasteiger partial charge in [0.25, 0.3) is 0 Å². The zero-order valence-corrected chi connectivity index (χ0v) is 10.8. The highest BCUT2D eigenvalue weighted by atomic mass is 16.5. The lowest BCUT2D eigenvalue weighted by Crippen LogP contribution is -2.12. The lowest BCUT2D eigenvalue weighted by Gasteiger charge is -2.14. The monoisotopic (exact) mass is 241 g/mol. The zero-order chi connectivity index (χ0) is 13.1. The lowest BCUT2D eigenvalue weighted by molar-refractivity contribution is 0.340. The fraction of sp³-hybridized carbons (Fsp3) is 0.286. The number of aromatic nitrogens is 1. The van der Waals surface area contributed by atoms with E-state index in [1.54, 1.807) is 0 Å². The van der Waals surface area contributed by atoms with Crippen molar-refractivity contribution in [3.8, 4) is 11.8 Å². The molecule has 0 aliphatic heterocycles. The Morgan fingerprint density at radius 2 is 2.11 bits per heavy atom. The average Bonchev–Trinajstić information content (AvgIpc) is 2.37. The number of pyridine rings is 1. The van der Waals surface area contributed by atoms with E-state index in [1.807, 2.05) is 50.2 Å². The van der Waals surface area contributed by atoms with Crippen molar-refractivity contribution in [1.82, 2.24) is 4.98 Å². The van der Waals surface area contributed by atoms with Gasteiger partial charge in [-0.05, 0) is 31.2 Å². The second-order valence-corrected chi connectivity index (χ2v) is 4.15. The van der Waals surface area contributed by atoms with Crippen LogP contribution in [0.15, 0.2) is 24.3 Å². The summed E-state index contributed by atoms with van der Waals surface area (Å²) in [6.45, 7) is 2.57. The van der Waals surface area contributed by atoms with Gasteiger partial charge in [0.2, 0.25) is 0 Å². The van der Waals surface area contributed by atoms with Gasteiger partial charge < -0.3 is 9.64 Å². The molecule has 0 N–H and O–H groups in total. The molecule has 1 heterocycles. The molecule has 0 radical (unpaired) electrons. The smallest absolute Gasteiger partial charge is 0.146 e. The molecule has 1 aromatic carbocycles. The maximum Gasteiger partial charge on any atom is 0.146 e. The maximum absolute atomic E-state index is 9.15. The van der Waals surface area contributed by atoms with Gasteiger partial charge in [0.05, 0.1) is 17.7 Å². The Morgan fingerprint density at radius 3 is 2.72 bits per heavy atom. The van der Waals surface area contributed by atoms with Crippen LogP contribution < -0.4 is 9.64 Å². The third-order valence-electron chi connectivity index (χ3n) is 2.62. The van der Waals surface area contributed by atoms with Crippen LogP contribution >= 0.6 is 0 Å². The zero-order valence-electron chi connectivity index (χ0n) is 10.8. The first-order valence-electron chi connectivity index (χ1n) is 5.80. The van der Waals surface area contributed by atoms with Crippen molar-refractivity contribution < 1.29 is 4.74 Å². The quantitative estimate of drug-likeness (QED) is 0.828. The fourth-order valence-corrected chi connectivity index (χ4v) is 1.82. The summed E-state index contributed by atoms with van der Waals surface area (Å²) in [5.74, 6) is 1.49. The molecule has 0 amide bonds. The van der Waals surface area contributed by atoms with Crippen molar-refractivity contribution in [2.45, 2.75) is 6.92 Å². The summed E-state index contributed by atoms with van der Waals surface area (Å²) in [5.41, 5.74) is 1.43. The molecule has 0 fully saturated rings. The molecule has 0 aliphatic carbocycles. The standard InChI is InChI=1S/C14H15N3O/c1-4-18-12-5-6-13-10(8-12)7-11(9-15)14(16-13)17(2)3/h5-8H,4H2,1-3H3. The molecule has 0 aliphatic rings. The predicted octanol–water partition coefficient (Wildman–Crippen LogP) is 2.57. The minimum absolute atomic E-state index is 0.571. The Bertz CT molecular complexity index is 614. The van der Waals surface area contributed by atoms with Gasteiger partial charge in [-0.25, -0.2) is 4.98 Å². The van der Waals surface area contributed by atoms with Crippen LogP contribution in [0, 0.1) is 11.3 Å². The molecule has 2 rings (SSSR count). The second-order valence-electron chi connectivity index (χ2n) is 4.15. The predicted molar refractivity (Wildman–Crippen MR) is 72.0 cm³/mol. The van der Waals surface area contributed by atoms with Gasteiger partial charge in [0, 0.05) is 19.5 Å². The molecule has 0 atom stereocenters. The van der Waals surface area contributed by atoms with Crippen LogP contribution in [0.2, 0.25) is 0 Å². The van der Waals surface area contributed by atoms with E-state index in [2.05, 4.69) is 11.1 Å². The van der Waals surface area contributed by atoms with Crippen LogP contribution in [0.1, 0.15) is 12.5 Å². The van der Waals surface area contributed by atoms with E-state index in [0.717, 1.165) is 16.7 Å².